The Kier molecular flexibility index (Phi) is 5.98. The van der Waals surface area contributed by atoms with Crippen LogP contribution in [0.1, 0.15) is 6.42 Å². The molecule has 1 aliphatic rings. The number of hydrogen-bond acceptors (Lipinski definition) is 5. The Hall–Kier alpha value is -1.15. The summed E-state index contributed by atoms with van der Waals surface area (Å²) in [5.74, 6) is 0.881. The van der Waals surface area contributed by atoms with Crippen molar-refractivity contribution in [3.05, 3.63) is 24.3 Å². The van der Waals surface area contributed by atoms with Gasteiger partial charge in [-0.25, -0.2) is 13.1 Å². The lowest BCUT2D eigenvalue weighted by atomic mass is 10.1. The first-order valence-corrected chi connectivity index (χ1v) is 8.39. The number of rotatable bonds is 8. The van der Waals surface area contributed by atoms with Crippen LogP contribution in [0.15, 0.2) is 29.2 Å². The second-order valence-electron chi connectivity index (χ2n) is 4.89. The lowest BCUT2D eigenvalue weighted by Gasteiger charge is -2.11. The molecule has 1 aromatic rings. The fourth-order valence-electron chi connectivity index (χ4n) is 2.01. The number of sulfonamides is 1. The van der Waals surface area contributed by atoms with E-state index in [-0.39, 0.29) is 10.8 Å². The highest BCUT2D eigenvalue weighted by Crippen LogP contribution is 2.17. The quantitative estimate of drug-likeness (QED) is 0.725. The predicted molar refractivity (Wildman–Crippen MR) is 77.9 cm³/mol. The first-order valence-electron chi connectivity index (χ1n) is 6.91. The molecule has 0 aromatic heterocycles. The summed E-state index contributed by atoms with van der Waals surface area (Å²) in [6, 6.07) is 6.36. The normalized spacial score (nSPS) is 18.8. The largest absolute Gasteiger partial charge is 0.491 e. The number of benzene rings is 1. The van der Waals surface area contributed by atoms with E-state index in [1.165, 1.54) is 12.1 Å². The van der Waals surface area contributed by atoms with Crippen LogP contribution in [0.2, 0.25) is 0 Å². The fourth-order valence-corrected chi connectivity index (χ4v) is 3.13. The SMILES string of the molecule is COCCOc1ccc(S(=O)(=O)NC[C@H]2CCOC2)cc1. The van der Waals surface area contributed by atoms with Gasteiger partial charge in [-0.2, -0.15) is 0 Å². The van der Waals surface area contributed by atoms with Crippen molar-refractivity contribution in [2.24, 2.45) is 5.92 Å². The van der Waals surface area contributed by atoms with Crippen LogP contribution in [0.5, 0.6) is 5.75 Å². The van der Waals surface area contributed by atoms with Gasteiger partial charge in [0.2, 0.25) is 10.0 Å². The fraction of sp³-hybridized carbons (Fsp3) is 0.571. The van der Waals surface area contributed by atoms with Gasteiger partial charge in [-0.05, 0) is 36.6 Å². The highest BCUT2D eigenvalue weighted by molar-refractivity contribution is 7.89. The van der Waals surface area contributed by atoms with Crippen molar-refractivity contribution >= 4 is 10.0 Å². The summed E-state index contributed by atoms with van der Waals surface area (Å²) < 4.78 is 42.4. The van der Waals surface area contributed by atoms with E-state index in [4.69, 9.17) is 14.2 Å². The van der Waals surface area contributed by atoms with Crippen molar-refractivity contribution in [3.63, 3.8) is 0 Å². The topological polar surface area (TPSA) is 73.9 Å². The van der Waals surface area contributed by atoms with Crippen molar-refractivity contribution in [1.29, 1.82) is 0 Å². The molecule has 1 N–H and O–H groups in total. The Morgan fingerprint density at radius 3 is 2.67 bits per heavy atom. The zero-order chi connectivity index (χ0) is 15.1. The molecule has 7 heteroatoms. The van der Waals surface area contributed by atoms with E-state index in [2.05, 4.69) is 4.72 Å². The molecule has 6 nitrogen and oxygen atoms in total. The van der Waals surface area contributed by atoms with E-state index >= 15 is 0 Å². The molecule has 0 amide bonds. The molecule has 1 atom stereocenters. The van der Waals surface area contributed by atoms with E-state index in [0.29, 0.717) is 38.7 Å². The van der Waals surface area contributed by atoms with Gasteiger partial charge in [0.25, 0.3) is 0 Å². The summed E-state index contributed by atoms with van der Waals surface area (Å²) >= 11 is 0. The van der Waals surface area contributed by atoms with Gasteiger partial charge < -0.3 is 14.2 Å². The van der Waals surface area contributed by atoms with Gasteiger partial charge in [-0.1, -0.05) is 0 Å². The van der Waals surface area contributed by atoms with Crippen molar-refractivity contribution in [2.45, 2.75) is 11.3 Å². The predicted octanol–water partition coefficient (Wildman–Crippen LogP) is 1.03. The van der Waals surface area contributed by atoms with Gasteiger partial charge in [0.05, 0.1) is 18.1 Å². The second-order valence-corrected chi connectivity index (χ2v) is 6.66. The highest BCUT2D eigenvalue weighted by atomic mass is 32.2. The zero-order valence-corrected chi connectivity index (χ0v) is 12.9. The lowest BCUT2D eigenvalue weighted by Crippen LogP contribution is -2.29. The summed E-state index contributed by atoms with van der Waals surface area (Å²) in [7, 11) is -1.88. The maximum absolute atomic E-state index is 12.1. The van der Waals surface area contributed by atoms with Gasteiger partial charge in [-0.3, -0.25) is 0 Å². The summed E-state index contributed by atoms with van der Waals surface area (Å²) in [5, 5.41) is 0. The lowest BCUT2D eigenvalue weighted by molar-refractivity contribution is 0.146. The molecule has 0 spiro atoms. The van der Waals surface area contributed by atoms with Gasteiger partial charge in [-0.15, -0.1) is 0 Å². The van der Waals surface area contributed by atoms with Gasteiger partial charge in [0.1, 0.15) is 12.4 Å². The smallest absolute Gasteiger partial charge is 0.240 e. The van der Waals surface area contributed by atoms with Crippen molar-refractivity contribution in [2.75, 3.05) is 40.1 Å². The van der Waals surface area contributed by atoms with Crippen molar-refractivity contribution in [3.8, 4) is 5.75 Å². The van der Waals surface area contributed by atoms with Crippen LogP contribution >= 0.6 is 0 Å². The average Bonchev–Trinajstić information content (AvgIpc) is 3.00. The molecule has 2 rings (SSSR count). The van der Waals surface area contributed by atoms with Crippen LogP contribution in [0, 0.1) is 5.92 Å². The maximum Gasteiger partial charge on any atom is 0.240 e. The number of nitrogens with one attached hydrogen (secondary N) is 1. The van der Waals surface area contributed by atoms with Crippen LogP contribution in [0.25, 0.3) is 0 Å². The Bertz CT molecular complexity index is 523. The van der Waals surface area contributed by atoms with Crippen LogP contribution < -0.4 is 9.46 Å². The van der Waals surface area contributed by atoms with E-state index in [9.17, 15) is 8.42 Å². The van der Waals surface area contributed by atoms with Gasteiger partial charge >= 0.3 is 0 Å². The Morgan fingerprint density at radius 2 is 2.05 bits per heavy atom. The van der Waals surface area contributed by atoms with E-state index < -0.39 is 10.0 Å². The molecule has 21 heavy (non-hydrogen) atoms. The first-order chi connectivity index (χ1) is 10.1. The van der Waals surface area contributed by atoms with E-state index in [1.807, 2.05) is 0 Å². The highest BCUT2D eigenvalue weighted by Gasteiger charge is 2.20. The van der Waals surface area contributed by atoms with E-state index in [1.54, 1.807) is 19.2 Å². The minimum Gasteiger partial charge on any atom is -0.491 e. The molecular formula is C14H21NO5S. The Balaban J connectivity index is 1.89. The molecule has 1 saturated heterocycles. The standard InChI is InChI=1S/C14H21NO5S/c1-18-8-9-20-13-2-4-14(5-3-13)21(16,17)15-10-12-6-7-19-11-12/h2-5,12,15H,6-11H2,1H3/t12-/m1/s1. The Morgan fingerprint density at radius 1 is 1.29 bits per heavy atom. The van der Waals surface area contributed by atoms with Gasteiger partial charge in [0, 0.05) is 20.3 Å². The van der Waals surface area contributed by atoms with Gasteiger partial charge in [0.15, 0.2) is 0 Å². The van der Waals surface area contributed by atoms with Crippen LogP contribution in [-0.2, 0) is 19.5 Å². The third-order valence-electron chi connectivity index (χ3n) is 3.28. The molecular weight excluding hydrogens is 294 g/mol. The summed E-state index contributed by atoms with van der Waals surface area (Å²) in [5.41, 5.74) is 0. The number of hydrogen-bond donors (Lipinski definition) is 1. The minimum absolute atomic E-state index is 0.237. The molecule has 0 radical (unpaired) electrons. The molecule has 1 fully saturated rings. The number of ether oxygens (including phenoxy) is 3. The monoisotopic (exact) mass is 315 g/mol. The van der Waals surface area contributed by atoms with Crippen molar-refractivity contribution in [1.82, 2.24) is 4.72 Å². The van der Waals surface area contributed by atoms with Crippen LogP contribution in [-0.4, -0.2) is 48.5 Å². The molecule has 1 aliphatic heterocycles. The maximum atomic E-state index is 12.1. The second kappa shape index (κ2) is 7.74. The third kappa shape index (κ3) is 4.96. The zero-order valence-electron chi connectivity index (χ0n) is 12.1. The molecule has 0 bridgehead atoms. The molecule has 0 saturated carbocycles. The summed E-state index contributed by atoms with van der Waals surface area (Å²) in [6.07, 6.45) is 0.898. The van der Waals surface area contributed by atoms with Crippen LogP contribution in [0.3, 0.4) is 0 Å². The minimum atomic E-state index is -3.48. The molecule has 1 aromatic carbocycles. The molecule has 0 unspecified atom stereocenters. The number of methoxy groups -OCH3 is 1. The van der Waals surface area contributed by atoms with Crippen LogP contribution in [0.4, 0.5) is 0 Å². The Labute approximate surface area is 125 Å². The van der Waals surface area contributed by atoms with E-state index in [0.717, 1.165) is 6.42 Å². The average molecular weight is 315 g/mol. The molecule has 0 aliphatic carbocycles. The summed E-state index contributed by atoms with van der Waals surface area (Å²) in [6.45, 7) is 2.66. The molecule has 1 heterocycles. The molecule has 118 valence electrons. The third-order valence-corrected chi connectivity index (χ3v) is 4.72. The van der Waals surface area contributed by atoms with Crippen molar-refractivity contribution < 1.29 is 22.6 Å². The first kappa shape index (κ1) is 16.2. The summed E-state index contributed by atoms with van der Waals surface area (Å²) in [4.78, 5) is 0.237.